The van der Waals surface area contributed by atoms with Crippen LogP contribution in [0.2, 0.25) is 0 Å². The molecule has 0 aliphatic carbocycles. The first kappa shape index (κ1) is 13.6. The maximum absolute atomic E-state index is 4.27. The lowest BCUT2D eigenvalue weighted by Gasteiger charge is -2.20. The van der Waals surface area contributed by atoms with Crippen molar-refractivity contribution < 1.29 is 0 Å². The van der Waals surface area contributed by atoms with Crippen molar-refractivity contribution in [2.45, 2.75) is 19.4 Å². The fourth-order valence-corrected chi connectivity index (χ4v) is 2.56. The van der Waals surface area contributed by atoms with Crippen molar-refractivity contribution >= 4 is 10.8 Å². The second kappa shape index (κ2) is 6.41. The Hall–Kier alpha value is -2.33. The average Bonchev–Trinajstić information content (AvgIpc) is 2.56. The van der Waals surface area contributed by atoms with Crippen LogP contribution in [-0.4, -0.2) is 21.7 Å². The van der Waals surface area contributed by atoms with Gasteiger partial charge in [0, 0.05) is 24.0 Å². The molecular formula is C17H18N4. The highest BCUT2D eigenvalue weighted by atomic mass is 15.1. The minimum absolute atomic E-state index is 0.105. The number of fused-ring (bicyclic) bond motifs is 1. The summed E-state index contributed by atoms with van der Waals surface area (Å²) in [5.74, 6) is 0. The molecule has 4 heteroatoms. The summed E-state index contributed by atoms with van der Waals surface area (Å²) >= 11 is 0. The van der Waals surface area contributed by atoms with Crippen LogP contribution >= 0.6 is 0 Å². The van der Waals surface area contributed by atoms with Crippen molar-refractivity contribution in [1.82, 2.24) is 20.5 Å². The van der Waals surface area contributed by atoms with Crippen LogP contribution < -0.4 is 5.32 Å². The van der Waals surface area contributed by atoms with Crippen LogP contribution in [0.5, 0.6) is 0 Å². The molecule has 0 spiro atoms. The Labute approximate surface area is 124 Å². The number of aromatic nitrogens is 3. The molecule has 0 saturated carbocycles. The monoisotopic (exact) mass is 278 g/mol. The van der Waals surface area contributed by atoms with Gasteiger partial charge in [-0.05, 0) is 41.6 Å². The first-order valence-corrected chi connectivity index (χ1v) is 7.22. The number of nitrogens with zero attached hydrogens (tertiary/aromatic N) is 3. The average molecular weight is 278 g/mol. The summed E-state index contributed by atoms with van der Waals surface area (Å²) in [7, 11) is 0. The third kappa shape index (κ3) is 2.90. The fraction of sp³-hybridized carbons (Fsp3) is 0.235. The third-order valence-corrected chi connectivity index (χ3v) is 3.57. The van der Waals surface area contributed by atoms with Gasteiger partial charge in [-0.25, -0.2) is 0 Å². The van der Waals surface area contributed by atoms with Crippen molar-refractivity contribution in [3.05, 3.63) is 66.2 Å². The van der Waals surface area contributed by atoms with Gasteiger partial charge in [-0.2, -0.15) is 10.2 Å². The van der Waals surface area contributed by atoms with E-state index in [0.717, 1.165) is 18.5 Å². The SMILES string of the molecule is CCCNC(c1ccnnc1)c1cccc2ccncc12. The zero-order valence-electron chi connectivity index (χ0n) is 12.0. The lowest BCUT2D eigenvalue weighted by Crippen LogP contribution is -2.23. The van der Waals surface area contributed by atoms with E-state index in [4.69, 9.17) is 0 Å². The molecule has 4 nitrogen and oxygen atoms in total. The molecule has 0 aliphatic heterocycles. The smallest absolute Gasteiger partial charge is 0.0599 e. The van der Waals surface area contributed by atoms with Crippen molar-refractivity contribution in [1.29, 1.82) is 0 Å². The van der Waals surface area contributed by atoms with Crippen LogP contribution in [0.1, 0.15) is 30.5 Å². The summed E-state index contributed by atoms with van der Waals surface area (Å²) in [4.78, 5) is 4.27. The number of hydrogen-bond acceptors (Lipinski definition) is 4. The highest BCUT2D eigenvalue weighted by molar-refractivity contribution is 5.85. The van der Waals surface area contributed by atoms with Crippen LogP contribution in [0.25, 0.3) is 10.8 Å². The molecule has 106 valence electrons. The molecule has 0 radical (unpaired) electrons. The molecule has 2 aromatic heterocycles. The van der Waals surface area contributed by atoms with Gasteiger partial charge in [0.05, 0.1) is 12.2 Å². The molecule has 1 N–H and O–H groups in total. The molecule has 0 amide bonds. The highest BCUT2D eigenvalue weighted by Gasteiger charge is 2.16. The Bertz CT molecular complexity index is 707. The van der Waals surface area contributed by atoms with Gasteiger partial charge in [0.2, 0.25) is 0 Å². The summed E-state index contributed by atoms with van der Waals surface area (Å²) in [6, 6.07) is 10.5. The summed E-state index contributed by atoms with van der Waals surface area (Å²) in [5, 5.41) is 13.9. The van der Waals surface area contributed by atoms with Crippen LogP contribution in [0.15, 0.2) is 55.1 Å². The first-order valence-electron chi connectivity index (χ1n) is 7.22. The third-order valence-electron chi connectivity index (χ3n) is 3.57. The maximum atomic E-state index is 4.27. The molecule has 3 aromatic rings. The van der Waals surface area contributed by atoms with Gasteiger partial charge >= 0.3 is 0 Å². The maximum Gasteiger partial charge on any atom is 0.0599 e. The highest BCUT2D eigenvalue weighted by Crippen LogP contribution is 2.28. The van der Waals surface area contributed by atoms with E-state index in [2.05, 4.69) is 45.6 Å². The molecular weight excluding hydrogens is 260 g/mol. The molecule has 1 unspecified atom stereocenters. The predicted molar refractivity (Wildman–Crippen MR) is 83.9 cm³/mol. The van der Waals surface area contributed by atoms with Crippen molar-refractivity contribution in [2.75, 3.05) is 6.54 Å². The van der Waals surface area contributed by atoms with Crippen molar-refractivity contribution in [3.63, 3.8) is 0 Å². The summed E-state index contributed by atoms with van der Waals surface area (Å²) < 4.78 is 0. The standard InChI is InChI=1S/C17H18N4/c1-2-8-19-17(14-7-10-20-21-11-14)15-5-3-4-13-6-9-18-12-16(13)15/h3-7,9-12,17,19H,2,8H2,1H3. The van der Waals surface area contributed by atoms with Crippen molar-refractivity contribution in [2.24, 2.45) is 0 Å². The Kier molecular flexibility index (Phi) is 4.17. The summed E-state index contributed by atoms with van der Waals surface area (Å²) in [6.07, 6.45) is 8.40. The van der Waals surface area contributed by atoms with E-state index >= 15 is 0 Å². The van der Waals surface area contributed by atoms with Gasteiger partial charge in [-0.15, -0.1) is 0 Å². The van der Waals surface area contributed by atoms with Crippen LogP contribution in [0.3, 0.4) is 0 Å². The van der Waals surface area contributed by atoms with E-state index in [0.29, 0.717) is 0 Å². The van der Waals surface area contributed by atoms with Gasteiger partial charge in [0.1, 0.15) is 0 Å². The lowest BCUT2D eigenvalue weighted by molar-refractivity contribution is 0.598. The Balaban J connectivity index is 2.10. The topological polar surface area (TPSA) is 50.7 Å². The molecule has 1 aromatic carbocycles. The number of hydrogen-bond donors (Lipinski definition) is 1. The van der Waals surface area contributed by atoms with Gasteiger partial charge in [-0.3, -0.25) is 4.98 Å². The zero-order valence-corrected chi connectivity index (χ0v) is 12.0. The summed E-state index contributed by atoms with van der Waals surface area (Å²) in [6.45, 7) is 3.11. The molecule has 1 atom stereocenters. The lowest BCUT2D eigenvalue weighted by atomic mass is 9.96. The van der Waals surface area contributed by atoms with E-state index < -0.39 is 0 Å². The largest absolute Gasteiger partial charge is 0.306 e. The van der Waals surface area contributed by atoms with Crippen LogP contribution in [0, 0.1) is 0 Å². The quantitative estimate of drug-likeness (QED) is 0.779. The predicted octanol–water partition coefficient (Wildman–Crippen LogP) is 3.11. The zero-order chi connectivity index (χ0) is 14.5. The number of nitrogens with one attached hydrogen (secondary N) is 1. The molecule has 0 aliphatic rings. The van der Waals surface area contributed by atoms with Gasteiger partial charge in [0.25, 0.3) is 0 Å². The molecule has 0 fully saturated rings. The van der Waals surface area contributed by atoms with E-state index in [1.54, 1.807) is 6.20 Å². The molecule has 21 heavy (non-hydrogen) atoms. The molecule has 3 rings (SSSR count). The van der Waals surface area contributed by atoms with E-state index in [-0.39, 0.29) is 6.04 Å². The fourth-order valence-electron chi connectivity index (χ4n) is 2.56. The van der Waals surface area contributed by atoms with Crippen LogP contribution in [-0.2, 0) is 0 Å². The van der Waals surface area contributed by atoms with Crippen molar-refractivity contribution in [3.8, 4) is 0 Å². The number of pyridine rings is 1. The Morgan fingerprint density at radius 1 is 1.05 bits per heavy atom. The minimum atomic E-state index is 0.105. The van der Waals surface area contributed by atoms with E-state index in [1.807, 2.05) is 30.7 Å². The second-order valence-corrected chi connectivity index (χ2v) is 5.01. The second-order valence-electron chi connectivity index (χ2n) is 5.01. The molecule has 0 bridgehead atoms. The van der Waals surface area contributed by atoms with Gasteiger partial charge < -0.3 is 5.32 Å². The Morgan fingerprint density at radius 3 is 2.81 bits per heavy atom. The van der Waals surface area contributed by atoms with Gasteiger partial charge in [-0.1, -0.05) is 25.1 Å². The van der Waals surface area contributed by atoms with Gasteiger partial charge in [0.15, 0.2) is 0 Å². The molecule has 0 saturated heterocycles. The molecule has 2 heterocycles. The van der Waals surface area contributed by atoms with E-state index in [1.165, 1.54) is 16.3 Å². The summed E-state index contributed by atoms with van der Waals surface area (Å²) in [5.41, 5.74) is 2.34. The minimum Gasteiger partial charge on any atom is -0.306 e. The number of benzene rings is 1. The normalized spacial score (nSPS) is 12.4. The number of rotatable bonds is 5. The first-order chi connectivity index (χ1) is 10.4. The van der Waals surface area contributed by atoms with Crippen LogP contribution in [0.4, 0.5) is 0 Å². The Morgan fingerprint density at radius 2 is 2.00 bits per heavy atom. The van der Waals surface area contributed by atoms with E-state index in [9.17, 15) is 0 Å².